The highest BCUT2D eigenvalue weighted by atomic mass is 16.4. The van der Waals surface area contributed by atoms with Crippen molar-refractivity contribution in [3.8, 4) is 22.5 Å². The Morgan fingerprint density at radius 2 is 1.16 bits per heavy atom. The van der Waals surface area contributed by atoms with Crippen LogP contribution in [0.5, 0.6) is 0 Å². The summed E-state index contributed by atoms with van der Waals surface area (Å²) in [5, 5.41) is 33.6. The average molecular weight is 857 g/mol. The minimum absolute atomic E-state index is 0.0495. The number of benzene rings is 2. The van der Waals surface area contributed by atoms with Crippen molar-refractivity contribution in [1.82, 2.24) is 25.1 Å². The van der Waals surface area contributed by atoms with E-state index in [1.54, 1.807) is 0 Å². The zero-order valence-electron chi connectivity index (χ0n) is 36.4. The summed E-state index contributed by atoms with van der Waals surface area (Å²) >= 11 is 0. The van der Waals surface area contributed by atoms with Gasteiger partial charge in [-0.15, -0.1) is 0 Å². The van der Waals surface area contributed by atoms with E-state index in [4.69, 9.17) is 9.97 Å². The fourth-order valence-corrected chi connectivity index (χ4v) is 9.75. The van der Waals surface area contributed by atoms with Crippen LogP contribution in [0.2, 0.25) is 0 Å². The Morgan fingerprint density at radius 1 is 0.667 bits per heavy atom. The summed E-state index contributed by atoms with van der Waals surface area (Å²) in [6.07, 6.45) is 6.59. The topological polar surface area (TPSA) is 189 Å². The predicted octanol–water partition coefficient (Wildman–Crippen LogP) is 6.51. The van der Waals surface area contributed by atoms with Gasteiger partial charge in [-0.25, -0.2) is 9.97 Å². The van der Waals surface area contributed by atoms with E-state index < -0.39 is 24.0 Å². The number of aliphatic carboxylic acids is 2. The molecule has 14 nitrogen and oxygen atoms in total. The molecule has 0 saturated carbocycles. The van der Waals surface area contributed by atoms with E-state index in [2.05, 4.69) is 58.5 Å². The maximum Gasteiger partial charge on any atom is 0.320 e. The van der Waals surface area contributed by atoms with E-state index in [1.807, 2.05) is 47.1 Å². The zero-order chi connectivity index (χ0) is 44.0. The molecule has 0 radical (unpaired) electrons. The molecule has 2 unspecified atom stereocenters. The van der Waals surface area contributed by atoms with Crippen molar-refractivity contribution >= 4 is 41.1 Å². The van der Waals surface area contributed by atoms with E-state index in [-0.39, 0.29) is 36.5 Å². The second-order valence-corrected chi connectivity index (χ2v) is 17.8. The normalized spacial score (nSPS) is 18.2. The van der Waals surface area contributed by atoms with Gasteiger partial charge in [-0.1, -0.05) is 30.3 Å². The highest BCUT2D eigenvalue weighted by molar-refractivity contribution is 5.93. The summed E-state index contributed by atoms with van der Waals surface area (Å²) in [5.41, 5.74) is 10.0. The highest BCUT2D eigenvalue weighted by Gasteiger charge is 2.36. The number of carbonyl (C=O) groups is 4. The first-order valence-corrected chi connectivity index (χ1v) is 22.7. The van der Waals surface area contributed by atoms with E-state index in [9.17, 15) is 29.4 Å². The smallest absolute Gasteiger partial charge is 0.320 e. The second kappa shape index (κ2) is 19.7. The molecule has 4 aromatic rings. The van der Waals surface area contributed by atoms with Crippen molar-refractivity contribution in [2.24, 2.45) is 11.8 Å². The first-order chi connectivity index (χ1) is 30.5. The van der Waals surface area contributed by atoms with Crippen molar-refractivity contribution in [1.29, 1.82) is 0 Å². The number of rotatable bonds is 14. The Balaban J connectivity index is 0.798. The van der Waals surface area contributed by atoms with Gasteiger partial charge in [0.05, 0.1) is 11.4 Å². The van der Waals surface area contributed by atoms with Crippen molar-refractivity contribution in [3.05, 3.63) is 88.5 Å². The molecule has 0 spiro atoms. The molecule has 2 saturated heterocycles. The van der Waals surface area contributed by atoms with Crippen LogP contribution in [0.3, 0.4) is 0 Å². The molecule has 0 aliphatic carbocycles. The van der Waals surface area contributed by atoms with Gasteiger partial charge in [0.15, 0.2) is 0 Å². The number of nitrogens with zero attached hydrogens (tertiary/aromatic N) is 4. The first-order valence-electron chi connectivity index (χ1n) is 22.7. The summed E-state index contributed by atoms with van der Waals surface area (Å²) in [6.45, 7) is 8.01. The van der Waals surface area contributed by atoms with Gasteiger partial charge in [-0.05, 0) is 162 Å². The number of aryl methyl sites for hydroxylation is 4. The third-order valence-electron chi connectivity index (χ3n) is 13.6. The van der Waals surface area contributed by atoms with Crippen LogP contribution in [0.4, 0.5) is 17.3 Å². The Morgan fingerprint density at radius 3 is 1.68 bits per heavy atom. The second-order valence-electron chi connectivity index (χ2n) is 17.8. The molecule has 0 bridgehead atoms. The number of pyridine rings is 2. The van der Waals surface area contributed by atoms with Crippen molar-refractivity contribution in [2.45, 2.75) is 96.7 Å². The number of anilines is 3. The Bertz CT molecular complexity index is 2340. The molecular weight excluding hydrogens is 797 g/mol. The van der Waals surface area contributed by atoms with Gasteiger partial charge in [0.2, 0.25) is 11.8 Å². The largest absolute Gasteiger partial charge is 0.480 e. The molecule has 332 valence electrons. The van der Waals surface area contributed by atoms with Crippen molar-refractivity contribution in [3.63, 3.8) is 0 Å². The molecule has 2 fully saturated rings. The summed E-state index contributed by atoms with van der Waals surface area (Å²) in [7, 11) is 0. The molecule has 14 heteroatoms. The van der Waals surface area contributed by atoms with Crippen LogP contribution in [0.1, 0.15) is 79.2 Å². The lowest BCUT2D eigenvalue weighted by Gasteiger charge is -2.37. The Hall–Kier alpha value is -5.86. The minimum Gasteiger partial charge on any atom is -0.480 e. The van der Waals surface area contributed by atoms with Gasteiger partial charge in [0.25, 0.3) is 0 Å². The van der Waals surface area contributed by atoms with E-state index in [0.29, 0.717) is 64.1 Å². The van der Waals surface area contributed by atoms with Crippen LogP contribution in [0.15, 0.2) is 60.7 Å². The quantitative estimate of drug-likeness (QED) is 0.0809. The zero-order valence-corrected chi connectivity index (χ0v) is 36.4. The lowest BCUT2D eigenvalue weighted by Crippen LogP contribution is -2.50. The molecular formula is C49H60N8O6. The number of carbonyl (C=O) groups excluding carboxylic acids is 2. The van der Waals surface area contributed by atoms with E-state index in [1.165, 1.54) is 11.1 Å². The molecule has 8 rings (SSSR count). The SMILES string of the molecule is Cc1ccc(CNC(=O)C2CCN(C(CCC(C(=O)O)N3CCC(C(=O)Nc4ccc(C)c(-c5ccc6c(n5)NCCC6)c4)CC3)C(=O)O)CC2)cc1-c1ccc2c(n1)NCCC2. The number of hydrogen-bond acceptors (Lipinski definition) is 10. The van der Waals surface area contributed by atoms with Crippen LogP contribution in [0.25, 0.3) is 22.5 Å². The fourth-order valence-electron chi connectivity index (χ4n) is 9.75. The van der Waals surface area contributed by atoms with Crippen LogP contribution in [-0.2, 0) is 38.6 Å². The molecule has 2 amide bonds. The monoisotopic (exact) mass is 856 g/mol. The number of amides is 2. The van der Waals surface area contributed by atoms with Gasteiger partial charge in [-0.2, -0.15) is 0 Å². The third-order valence-corrected chi connectivity index (χ3v) is 13.6. The Kier molecular flexibility index (Phi) is 13.7. The van der Waals surface area contributed by atoms with Crippen LogP contribution in [-0.4, -0.2) is 105 Å². The van der Waals surface area contributed by atoms with Crippen molar-refractivity contribution in [2.75, 3.05) is 55.2 Å². The molecule has 4 aliphatic heterocycles. The first kappa shape index (κ1) is 43.8. The lowest BCUT2D eigenvalue weighted by molar-refractivity contribution is -0.148. The number of carboxylic acid groups (broad SMARTS) is 2. The third kappa shape index (κ3) is 10.3. The van der Waals surface area contributed by atoms with Gasteiger partial charge in [-0.3, -0.25) is 29.0 Å². The molecule has 4 aliphatic rings. The molecule has 2 aromatic heterocycles. The van der Waals surface area contributed by atoms with E-state index >= 15 is 0 Å². The number of aromatic nitrogens is 2. The number of fused-ring (bicyclic) bond motifs is 2. The summed E-state index contributed by atoms with van der Waals surface area (Å²) < 4.78 is 0. The summed E-state index contributed by atoms with van der Waals surface area (Å²) in [4.78, 5) is 65.5. The maximum atomic E-state index is 13.5. The van der Waals surface area contributed by atoms with Gasteiger partial charge < -0.3 is 31.5 Å². The molecule has 2 aromatic carbocycles. The predicted molar refractivity (Wildman–Crippen MR) is 244 cm³/mol. The number of nitrogens with one attached hydrogen (secondary N) is 4. The molecule has 63 heavy (non-hydrogen) atoms. The summed E-state index contributed by atoms with van der Waals surface area (Å²) in [6, 6.07) is 18.7. The summed E-state index contributed by atoms with van der Waals surface area (Å²) in [5.74, 6) is -0.786. The average Bonchev–Trinajstić information content (AvgIpc) is 3.30. The number of carboxylic acids is 2. The standard InChI is InChI=1S/C49H60N8O6/c1-30-7-9-32(27-38(30)40-13-10-33-5-3-21-50-44(33)54-40)29-52-46(58)35-17-23-56(24-18-35)42(48(60)61)15-16-43(49(62)63)57-25-19-36(20-26-57)47(59)53-37-12-8-31(2)39(28-37)41-14-11-34-6-4-22-51-45(34)55-41/h7-14,27-28,35-36,42-43H,3-6,15-26,29H2,1-2H3,(H,50,54)(H,51,55)(H,52,58)(H,53,59)(H,60,61)(H,62,63). The molecule has 6 N–H and O–H groups in total. The number of likely N-dealkylation sites (tertiary alicyclic amines) is 2. The number of piperidine rings is 2. The lowest BCUT2D eigenvalue weighted by atomic mass is 9.92. The number of hydrogen-bond donors (Lipinski definition) is 6. The van der Waals surface area contributed by atoms with E-state index in [0.717, 1.165) is 89.6 Å². The van der Waals surface area contributed by atoms with Crippen LogP contribution < -0.4 is 21.3 Å². The van der Waals surface area contributed by atoms with Crippen LogP contribution in [0, 0.1) is 25.7 Å². The minimum atomic E-state index is -0.993. The highest BCUT2D eigenvalue weighted by Crippen LogP contribution is 2.32. The van der Waals surface area contributed by atoms with Gasteiger partial charge in [0.1, 0.15) is 23.7 Å². The van der Waals surface area contributed by atoms with Crippen LogP contribution >= 0.6 is 0 Å². The van der Waals surface area contributed by atoms with Gasteiger partial charge >= 0.3 is 11.9 Å². The maximum absolute atomic E-state index is 13.5. The Labute approximate surface area is 369 Å². The molecule has 2 atom stereocenters. The fraction of sp³-hybridized carbons (Fsp3) is 0.469. The van der Waals surface area contributed by atoms with Gasteiger partial charge in [0, 0.05) is 48.3 Å². The molecule has 6 heterocycles. The van der Waals surface area contributed by atoms with Crippen molar-refractivity contribution < 1.29 is 29.4 Å².